The fourth-order valence-corrected chi connectivity index (χ4v) is 12.3. The summed E-state index contributed by atoms with van der Waals surface area (Å²) in [4.78, 5) is 2.54. The molecule has 0 atom stereocenters. The van der Waals surface area contributed by atoms with Gasteiger partial charge >= 0.3 is 0 Å². The Morgan fingerprint density at radius 2 is 0.537 bits per heavy atom. The van der Waals surface area contributed by atoms with Gasteiger partial charge in [-0.2, -0.15) is 0 Å². The standard InChI is InChI=1S/C64H38N2S/c1-3-11-39(12-4-1)45-27-29-51-55-35-47(33-53-49-15-7-9-17-57(49)65(63(53)55)59(51)37-45)41-19-23-43(24-20-41)61-31-32-62(67-61)44-25-21-42(22-26-44)48-34-54-50-16-8-10-18-58(50)66-60-38-46(40-13-5-2-6-14-40)28-30-52(60)56(36-48)64(54)66/h1-38H. The Morgan fingerprint density at radius 1 is 0.209 bits per heavy atom. The third-order valence-corrected chi connectivity index (χ3v) is 15.6. The summed E-state index contributed by atoms with van der Waals surface area (Å²) in [5, 5.41) is 10.4. The van der Waals surface area contributed by atoms with Gasteiger partial charge in [0.05, 0.1) is 33.1 Å². The highest BCUT2D eigenvalue weighted by Crippen LogP contribution is 2.45. The third-order valence-electron chi connectivity index (χ3n) is 14.4. The van der Waals surface area contributed by atoms with Crippen LogP contribution in [0.2, 0.25) is 0 Å². The summed E-state index contributed by atoms with van der Waals surface area (Å²) in [7, 11) is 0. The highest BCUT2D eigenvalue weighted by molar-refractivity contribution is 7.18. The SMILES string of the molecule is c1ccc(-c2ccc3c4cc(-c5ccc(-c6ccc(-c7ccc(-c8cc9c%10ccccc%10n%10c%11cc(-c%12ccccc%12)ccc%11c(c8)c9%10)cc7)s6)cc5)cc5c6ccccc6n(c3c2)c54)cc1. The molecular formula is C64H38N2S. The molecule has 10 aromatic carbocycles. The highest BCUT2D eigenvalue weighted by Gasteiger charge is 2.21. The molecule has 15 aromatic rings. The van der Waals surface area contributed by atoms with Crippen molar-refractivity contribution in [1.29, 1.82) is 0 Å². The highest BCUT2D eigenvalue weighted by atomic mass is 32.1. The van der Waals surface area contributed by atoms with E-state index in [9.17, 15) is 0 Å². The first-order valence-corrected chi connectivity index (χ1v) is 23.9. The van der Waals surface area contributed by atoms with Crippen molar-refractivity contribution in [2.24, 2.45) is 0 Å². The van der Waals surface area contributed by atoms with Gasteiger partial charge in [0.2, 0.25) is 0 Å². The van der Waals surface area contributed by atoms with E-state index in [0.717, 1.165) is 0 Å². The molecule has 0 unspecified atom stereocenters. The van der Waals surface area contributed by atoms with E-state index < -0.39 is 0 Å². The molecule has 67 heavy (non-hydrogen) atoms. The average Bonchev–Trinajstić information content (AvgIpc) is 4.23. The lowest BCUT2D eigenvalue weighted by Gasteiger charge is -2.07. The van der Waals surface area contributed by atoms with Crippen molar-refractivity contribution in [2.45, 2.75) is 0 Å². The monoisotopic (exact) mass is 866 g/mol. The van der Waals surface area contributed by atoms with Gasteiger partial charge in [0.25, 0.3) is 0 Å². The quantitative estimate of drug-likeness (QED) is 0.157. The predicted octanol–water partition coefficient (Wildman–Crippen LogP) is 18.1. The minimum Gasteiger partial charge on any atom is -0.308 e. The molecule has 3 heteroatoms. The number of fused-ring (bicyclic) bond motifs is 12. The van der Waals surface area contributed by atoms with Crippen LogP contribution in [-0.2, 0) is 0 Å². The number of nitrogens with zero attached hydrogens (tertiary/aromatic N) is 2. The van der Waals surface area contributed by atoms with Gasteiger partial charge in [-0.3, -0.25) is 0 Å². The van der Waals surface area contributed by atoms with Crippen LogP contribution in [-0.4, -0.2) is 8.80 Å². The Balaban J connectivity index is 0.757. The minimum absolute atomic E-state index is 1.22. The van der Waals surface area contributed by atoms with Crippen molar-refractivity contribution < 1.29 is 0 Å². The van der Waals surface area contributed by atoms with Gasteiger partial charge in [-0.25, -0.2) is 0 Å². The number of thiophene rings is 1. The third kappa shape index (κ3) is 5.44. The lowest BCUT2D eigenvalue weighted by atomic mass is 9.97. The Hall–Kier alpha value is -8.50. The number of aromatic nitrogens is 2. The van der Waals surface area contributed by atoms with Crippen LogP contribution < -0.4 is 0 Å². The van der Waals surface area contributed by atoms with Crippen molar-refractivity contribution in [3.05, 3.63) is 231 Å². The number of hydrogen-bond donors (Lipinski definition) is 0. The molecule has 0 aliphatic rings. The minimum atomic E-state index is 1.22. The summed E-state index contributed by atoms with van der Waals surface area (Å²) >= 11 is 1.86. The summed E-state index contributed by atoms with van der Waals surface area (Å²) in [5.74, 6) is 0. The second kappa shape index (κ2) is 14.0. The van der Waals surface area contributed by atoms with Crippen molar-refractivity contribution in [2.75, 3.05) is 0 Å². The van der Waals surface area contributed by atoms with Crippen LogP contribution in [0.15, 0.2) is 231 Å². The van der Waals surface area contributed by atoms with Crippen LogP contribution in [0.3, 0.4) is 0 Å². The molecule has 0 radical (unpaired) electrons. The number of benzene rings is 10. The zero-order chi connectivity index (χ0) is 43.7. The second-order valence-corrected chi connectivity index (χ2v) is 19.1. The zero-order valence-corrected chi connectivity index (χ0v) is 37.1. The van der Waals surface area contributed by atoms with E-state index in [1.165, 1.54) is 142 Å². The topological polar surface area (TPSA) is 8.82 Å². The molecule has 310 valence electrons. The maximum atomic E-state index is 2.48. The molecular weight excluding hydrogens is 829 g/mol. The second-order valence-electron chi connectivity index (χ2n) is 18.1. The molecule has 0 bridgehead atoms. The molecule has 0 N–H and O–H groups in total. The first kappa shape index (κ1) is 36.8. The molecule has 0 saturated carbocycles. The number of rotatable bonds is 6. The summed E-state index contributed by atoms with van der Waals surface area (Å²) in [6.07, 6.45) is 0. The van der Waals surface area contributed by atoms with E-state index in [1.807, 2.05) is 11.3 Å². The van der Waals surface area contributed by atoms with Crippen LogP contribution in [0.25, 0.3) is 142 Å². The molecule has 0 amide bonds. The van der Waals surface area contributed by atoms with Crippen molar-refractivity contribution in [1.82, 2.24) is 8.80 Å². The Morgan fingerprint density at radius 3 is 0.955 bits per heavy atom. The Kier molecular flexibility index (Phi) is 7.69. The molecule has 5 heterocycles. The van der Waals surface area contributed by atoms with E-state index in [2.05, 4.69) is 239 Å². The van der Waals surface area contributed by atoms with Crippen molar-refractivity contribution >= 4 is 87.5 Å². The van der Waals surface area contributed by atoms with Crippen LogP contribution in [0.1, 0.15) is 0 Å². The Bertz CT molecular complexity index is 4120. The zero-order valence-electron chi connectivity index (χ0n) is 36.2. The van der Waals surface area contributed by atoms with Gasteiger partial charge in [0, 0.05) is 52.8 Å². The lowest BCUT2D eigenvalue weighted by molar-refractivity contribution is 1.37. The fraction of sp³-hybridized carbons (Fsp3) is 0. The molecule has 0 fully saturated rings. The van der Waals surface area contributed by atoms with E-state index in [4.69, 9.17) is 0 Å². The number of para-hydroxylation sites is 2. The number of hydrogen-bond acceptors (Lipinski definition) is 1. The van der Waals surface area contributed by atoms with Gasteiger partial charge in [-0.05, 0) is 116 Å². The normalized spacial score (nSPS) is 12.2. The van der Waals surface area contributed by atoms with E-state index in [-0.39, 0.29) is 0 Å². The van der Waals surface area contributed by atoms with E-state index >= 15 is 0 Å². The lowest BCUT2D eigenvalue weighted by Crippen LogP contribution is -1.82. The fourth-order valence-electron chi connectivity index (χ4n) is 11.3. The van der Waals surface area contributed by atoms with Crippen molar-refractivity contribution in [3.63, 3.8) is 0 Å². The molecule has 0 saturated heterocycles. The van der Waals surface area contributed by atoms with Gasteiger partial charge < -0.3 is 8.80 Å². The summed E-state index contributed by atoms with van der Waals surface area (Å²) in [6, 6.07) is 85.5. The maximum absolute atomic E-state index is 2.48. The van der Waals surface area contributed by atoms with Gasteiger partial charge in [-0.1, -0.05) is 170 Å². The largest absolute Gasteiger partial charge is 0.308 e. The molecule has 2 nitrogen and oxygen atoms in total. The molecule has 15 rings (SSSR count). The van der Waals surface area contributed by atoms with Gasteiger partial charge in [0.1, 0.15) is 0 Å². The Labute approximate surface area is 390 Å². The van der Waals surface area contributed by atoms with Crippen molar-refractivity contribution in [3.8, 4) is 65.4 Å². The van der Waals surface area contributed by atoms with Crippen LogP contribution >= 0.6 is 11.3 Å². The van der Waals surface area contributed by atoms with E-state index in [1.54, 1.807) is 0 Å². The molecule has 5 aromatic heterocycles. The molecule has 0 spiro atoms. The predicted molar refractivity (Wildman–Crippen MR) is 286 cm³/mol. The molecule has 0 aliphatic carbocycles. The van der Waals surface area contributed by atoms with Crippen LogP contribution in [0.5, 0.6) is 0 Å². The van der Waals surface area contributed by atoms with Gasteiger partial charge in [0.15, 0.2) is 0 Å². The molecule has 0 aliphatic heterocycles. The van der Waals surface area contributed by atoms with Crippen LogP contribution in [0, 0.1) is 0 Å². The first-order valence-electron chi connectivity index (χ1n) is 23.1. The summed E-state index contributed by atoms with van der Waals surface area (Å²) in [6.45, 7) is 0. The van der Waals surface area contributed by atoms with E-state index in [0.29, 0.717) is 0 Å². The van der Waals surface area contributed by atoms with Gasteiger partial charge in [-0.15, -0.1) is 11.3 Å². The van der Waals surface area contributed by atoms with Crippen LogP contribution in [0.4, 0.5) is 0 Å². The first-order chi connectivity index (χ1) is 33.2. The summed E-state index contributed by atoms with van der Waals surface area (Å²) in [5.41, 5.74) is 19.9. The average molecular weight is 867 g/mol. The summed E-state index contributed by atoms with van der Waals surface area (Å²) < 4.78 is 4.96. The maximum Gasteiger partial charge on any atom is 0.0620 e. The smallest absolute Gasteiger partial charge is 0.0620 e.